The summed E-state index contributed by atoms with van der Waals surface area (Å²) in [4.78, 5) is 3.75. The fourth-order valence-electron chi connectivity index (χ4n) is 1.27. The minimum Gasteiger partial charge on any atom is -0.508 e. The van der Waals surface area contributed by atoms with Crippen LogP contribution in [0.15, 0.2) is 47.5 Å². The number of aromatic hydroxyl groups is 1. The van der Waals surface area contributed by atoms with E-state index >= 15 is 0 Å². The van der Waals surface area contributed by atoms with Crippen molar-refractivity contribution >= 4 is 19.7 Å². The zero-order valence-electron chi connectivity index (χ0n) is 8.95. The Morgan fingerprint density at radius 1 is 1.22 bits per heavy atom. The van der Waals surface area contributed by atoms with E-state index in [0.29, 0.717) is 5.75 Å². The summed E-state index contributed by atoms with van der Waals surface area (Å²) in [6, 6.07) is 8.52. The first-order chi connectivity index (χ1) is 8.45. The van der Waals surface area contributed by atoms with Gasteiger partial charge in [0, 0.05) is 29.0 Å². The second-order valence-corrected chi connectivity index (χ2v) is 5.93. The number of nitrogens with zero attached hydrogens (tertiary/aromatic N) is 1. The van der Waals surface area contributed by atoms with Crippen LogP contribution in [0, 0.1) is 0 Å². The SMILES string of the molecule is O=S(=O)(Cl)c1ccnc(Oc2cccc(O)c2)c1. The molecule has 0 fully saturated rings. The minimum atomic E-state index is -3.82. The molecule has 1 aromatic heterocycles. The average Bonchev–Trinajstić information content (AvgIpc) is 2.28. The number of ether oxygens (including phenoxy) is 1. The summed E-state index contributed by atoms with van der Waals surface area (Å²) in [5, 5.41) is 9.26. The molecule has 94 valence electrons. The summed E-state index contributed by atoms with van der Waals surface area (Å²) in [5.41, 5.74) is 0. The van der Waals surface area contributed by atoms with Gasteiger partial charge in [-0.1, -0.05) is 6.07 Å². The third-order valence-corrected chi connectivity index (χ3v) is 3.38. The topological polar surface area (TPSA) is 76.5 Å². The van der Waals surface area contributed by atoms with Gasteiger partial charge in [-0.15, -0.1) is 0 Å². The van der Waals surface area contributed by atoms with Gasteiger partial charge >= 0.3 is 0 Å². The number of benzene rings is 1. The van der Waals surface area contributed by atoms with Crippen LogP contribution in [-0.4, -0.2) is 18.5 Å². The monoisotopic (exact) mass is 285 g/mol. The first-order valence-corrected chi connectivity index (χ1v) is 7.14. The highest BCUT2D eigenvalue weighted by molar-refractivity contribution is 8.13. The molecule has 18 heavy (non-hydrogen) atoms. The van der Waals surface area contributed by atoms with Crippen LogP contribution in [0.25, 0.3) is 0 Å². The third-order valence-electron chi connectivity index (χ3n) is 2.03. The molecule has 1 heterocycles. The molecule has 7 heteroatoms. The van der Waals surface area contributed by atoms with Crippen LogP contribution in [-0.2, 0) is 9.05 Å². The van der Waals surface area contributed by atoms with E-state index in [1.807, 2.05) is 0 Å². The van der Waals surface area contributed by atoms with Gasteiger partial charge in [-0.2, -0.15) is 0 Å². The Hall–Kier alpha value is -1.79. The number of aromatic nitrogens is 1. The molecule has 0 spiro atoms. The van der Waals surface area contributed by atoms with E-state index in [1.54, 1.807) is 12.1 Å². The Morgan fingerprint density at radius 3 is 2.67 bits per heavy atom. The molecule has 1 N–H and O–H groups in total. The zero-order chi connectivity index (χ0) is 13.2. The number of hydrogen-bond donors (Lipinski definition) is 1. The lowest BCUT2D eigenvalue weighted by Crippen LogP contribution is -1.93. The molecule has 0 saturated carbocycles. The Morgan fingerprint density at radius 2 is 2.00 bits per heavy atom. The molecule has 0 aliphatic heterocycles. The van der Waals surface area contributed by atoms with Crippen LogP contribution in [0.1, 0.15) is 0 Å². The Kier molecular flexibility index (Phi) is 3.40. The quantitative estimate of drug-likeness (QED) is 0.877. The van der Waals surface area contributed by atoms with Crippen molar-refractivity contribution in [2.75, 3.05) is 0 Å². The number of phenols is 1. The molecule has 1 aromatic carbocycles. The second kappa shape index (κ2) is 4.83. The molecule has 2 aromatic rings. The molecule has 0 aliphatic carbocycles. The smallest absolute Gasteiger partial charge is 0.261 e. The molecule has 0 saturated heterocycles. The number of halogens is 1. The maximum atomic E-state index is 11.1. The summed E-state index contributed by atoms with van der Waals surface area (Å²) in [7, 11) is 1.38. The number of pyridine rings is 1. The third kappa shape index (κ3) is 3.12. The highest BCUT2D eigenvalue weighted by Gasteiger charge is 2.11. The van der Waals surface area contributed by atoms with Crippen molar-refractivity contribution in [2.24, 2.45) is 0 Å². The predicted octanol–water partition coefficient (Wildman–Crippen LogP) is 2.51. The van der Waals surface area contributed by atoms with Gasteiger partial charge in [-0.25, -0.2) is 13.4 Å². The van der Waals surface area contributed by atoms with Gasteiger partial charge in [0.2, 0.25) is 5.88 Å². The molecule has 5 nitrogen and oxygen atoms in total. The summed E-state index contributed by atoms with van der Waals surface area (Å²) >= 11 is 0. The Bertz CT molecular complexity index is 672. The lowest BCUT2D eigenvalue weighted by Gasteiger charge is -2.05. The van der Waals surface area contributed by atoms with Crippen molar-refractivity contribution < 1.29 is 18.3 Å². The van der Waals surface area contributed by atoms with E-state index in [0.717, 1.165) is 0 Å². The fourth-order valence-corrected chi connectivity index (χ4v) is 2.02. The van der Waals surface area contributed by atoms with Gasteiger partial charge in [-0.3, -0.25) is 0 Å². The molecule has 0 bridgehead atoms. The highest BCUT2D eigenvalue weighted by atomic mass is 35.7. The van der Waals surface area contributed by atoms with E-state index in [1.165, 1.54) is 30.5 Å². The van der Waals surface area contributed by atoms with Crippen LogP contribution >= 0.6 is 10.7 Å². The zero-order valence-corrected chi connectivity index (χ0v) is 10.5. The summed E-state index contributed by atoms with van der Waals surface area (Å²) in [5.74, 6) is 0.447. The first kappa shape index (κ1) is 12.7. The van der Waals surface area contributed by atoms with Crippen molar-refractivity contribution in [2.45, 2.75) is 4.90 Å². The van der Waals surface area contributed by atoms with Gasteiger partial charge in [0.25, 0.3) is 9.05 Å². The van der Waals surface area contributed by atoms with Crippen LogP contribution in [0.3, 0.4) is 0 Å². The standard InChI is InChI=1S/C11H8ClNO4S/c12-18(15,16)10-4-5-13-11(7-10)17-9-3-1-2-8(14)6-9/h1-7,14H. The highest BCUT2D eigenvalue weighted by Crippen LogP contribution is 2.25. The molecule has 0 amide bonds. The summed E-state index contributed by atoms with van der Waals surface area (Å²) in [6.45, 7) is 0. The fraction of sp³-hybridized carbons (Fsp3) is 0. The van der Waals surface area contributed by atoms with Gasteiger partial charge in [0.05, 0.1) is 4.90 Å². The van der Waals surface area contributed by atoms with Gasteiger partial charge in [0.1, 0.15) is 11.5 Å². The van der Waals surface area contributed by atoms with Crippen molar-refractivity contribution in [3.63, 3.8) is 0 Å². The van der Waals surface area contributed by atoms with Crippen molar-refractivity contribution in [1.29, 1.82) is 0 Å². The summed E-state index contributed by atoms with van der Waals surface area (Å²) < 4.78 is 27.6. The second-order valence-electron chi connectivity index (χ2n) is 3.37. The maximum Gasteiger partial charge on any atom is 0.261 e. The number of hydrogen-bond acceptors (Lipinski definition) is 5. The van der Waals surface area contributed by atoms with E-state index < -0.39 is 9.05 Å². The van der Waals surface area contributed by atoms with Crippen molar-refractivity contribution in [1.82, 2.24) is 4.98 Å². The lowest BCUT2D eigenvalue weighted by molar-refractivity contribution is 0.444. The largest absolute Gasteiger partial charge is 0.508 e. The van der Waals surface area contributed by atoms with Crippen LogP contribution in [0.2, 0.25) is 0 Å². The van der Waals surface area contributed by atoms with Crippen LogP contribution in [0.5, 0.6) is 17.4 Å². The van der Waals surface area contributed by atoms with E-state index in [2.05, 4.69) is 4.98 Å². The van der Waals surface area contributed by atoms with Gasteiger partial charge in [-0.05, 0) is 18.2 Å². The molecular weight excluding hydrogens is 278 g/mol. The van der Waals surface area contributed by atoms with E-state index in [-0.39, 0.29) is 16.5 Å². The van der Waals surface area contributed by atoms with E-state index in [4.69, 9.17) is 15.4 Å². The molecule has 0 aliphatic rings. The first-order valence-electron chi connectivity index (χ1n) is 4.83. The summed E-state index contributed by atoms with van der Waals surface area (Å²) in [6.07, 6.45) is 1.27. The lowest BCUT2D eigenvalue weighted by atomic mass is 10.3. The van der Waals surface area contributed by atoms with Crippen LogP contribution < -0.4 is 4.74 Å². The minimum absolute atomic E-state index is 0.0358. The molecular formula is C11H8ClNO4S. The predicted molar refractivity (Wildman–Crippen MR) is 65.5 cm³/mol. The number of phenolic OH excluding ortho intramolecular Hbond substituents is 1. The average molecular weight is 286 g/mol. The van der Waals surface area contributed by atoms with Crippen LogP contribution in [0.4, 0.5) is 0 Å². The van der Waals surface area contributed by atoms with Gasteiger partial charge < -0.3 is 9.84 Å². The Labute approximate surface area is 108 Å². The van der Waals surface area contributed by atoms with E-state index in [9.17, 15) is 13.5 Å². The van der Waals surface area contributed by atoms with Crippen molar-refractivity contribution in [3.05, 3.63) is 42.6 Å². The molecule has 0 atom stereocenters. The normalized spacial score (nSPS) is 11.2. The number of rotatable bonds is 3. The molecule has 0 radical (unpaired) electrons. The van der Waals surface area contributed by atoms with Crippen molar-refractivity contribution in [3.8, 4) is 17.4 Å². The molecule has 0 unspecified atom stereocenters. The Balaban J connectivity index is 2.30. The maximum absolute atomic E-state index is 11.1. The molecule has 2 rings (SSSR count). The van der Waals surface area contributed by atoms with Gasteiger partial charge in [0.15, 0.2) is 0 Å².